The van der Waals surface area contributed by atoms with Crippen LogP contribution in [-0.4, -0.2) is 44.6 Å². The molecule has 9 heteroatoms. The number of fused-ring (bicyclic) bond motifs is 1. The van der Waals surface area contributed by atoms with Crippen molar-refractivity contribution < 1.29 is 14.4 Å². The van der Waals surface area contributed by atoms with Gasteiger partial charge in [-0.25, -0.2) is 4.98 Å². The van der Waals surface area contributed by atoms with Crippen LogP contribution in [0.2, 0.25) is 0 Å². The normalized spacial score (nSPS) is 14.6. The Bertz CT molecular complexity index is 1560. The number of nitrogens with one attached hydrogen (secondary N) is 1. The Morgan fingerprint density at radius 1 is 0.917 bits per heavy atom. The van der Waals surface area contributed by atoms with E-state index in [1.165, 1.54) is 10.9 Å². The molecule has 0 bridgehead atoms. The van der Waals surface area contributed by atoms with Gasteiger partial charge in [0.15, 0.2) is 0 Å². The largest absolute Gasteiger partial charge is 0.350 e. The number of thioether (sulfide) groups is 1. The van der Waals surface area contributed by atoms with E-state index in [4.69, 9.17) is 0 Å². The first-order chi connectivity index (χ1) is 17.5. The van der Waals surface area contributed by atoms with Crippen LogP contribution in [0.1, 0.15) is 15.9 Å². The molecule has 178 valence electrons. The standard InChI is InChI=1S/C27H20N4O4S/c32-24(28-14-15-30-26(34)23(36-27(30)35)16-18-6-2-1-3-7-18)19-10-12-20(13-11-19)31-17-29-22-9-5-4-8-21(22)25(31)33/h1-13,16-17H,14-15H2,(H,28,32)/b23-16-. The average Bonchev–Trinajstić information content (AvgIpc) is 3.17. The summed E-state index contributed by atoms with van der Waals surface area (Å²) in [4.78, 5) is 56.1. The maximum Gasteiger partial charge on any atom is 0.293 e. The zero-order valence-electron chi connectivity index (χ0n) is 19.0. The number of rotatable bonds is 6. The van der Waals surface area contributed by atoms with Gasteiger partial charge in [0.25, 0.3) is 22.6 Å². The van der Waals surface area contributed by atoms with Gasteiger partial charge in [0.1, 0.15) is 6.33 Å². The van der Waals surface area contributed by atoms with Crippen molar-refractivity contribution in [2.45, 2.75) is 0 Å². The summed E-state index contributed by atoms with van der Waals surface area (Å²) in [6, 6.07) is 22.9. The maximum atomic E-state index is 12.8. The predicted molar refractivity (Wildman–Crippen MR) is 139 cm³/mol. The van der Waals surface area contributed by atoms with E-state index in [0.29, 0.717) is 27.1 Å². The second kappa shape index (κ2) is 10.0. The Morgan fingerprint density at radius 2 is 1.64 bits per heavy atom. The highest BCUT2D eigenvalue weighted by Crippen LogP contribution is 2.31. The van der Waals surface area contributed by atoms with Gasteiger partial charge in [-0.1, -0.05) is 42.5 Å². The minimum absolute atomic E-state index is 0.0682. The quantitative estimate of drug-likeness (QED) is 0.407. The van der Waals surface area contributed by atoms with E-state index in [1.54, 1.807) is 48.5 Å². The van der Waals surface area contributed by atoms with Gasteiger partial charge in [-0.3, -0.25) is 28.6 Å². The SMILES string of the molecule is O=C(NCCN1C(=O)S/C(=C\c2ccccc2)C1=O)c1ccc(-n2cnc3ccccc3c2=O)cc1. The fraction of sp³-hybridized carbons (Fsp3) is 0.0741. The molecular weight excluding hydrogens is 476 g/mol. The van der Waals surface area contributed by atoms with Crippen molar-refractivity contribution in [2.75, 3.05) is 13.1 Å². The lowest BCUT2D eigenvalue weighted by Crippen LogP contribution is -2.37. The summed E-state index contributed by atoms with van der Waals surface area (Å²) in [6.45, 7) is 0.185. The number of carbonyl (C=O) groups is 3. The van der Waals surface area contributed by atoms with E-state index in [9.17, 15) is 19.2 Å². The molecule has 2 heterocycles. The molecular formula is C27H20N4O4S. The number of imide groups is 1. The highest BCUT2D eigenvalue weighted by molar-refractivity contribution is 8.18. The number of hydrogen-bond acceptors (Lipinski definition) is 6. The van der Waals surface area contributed by atoms with E-state index < -0.39 is 0 Å². The first kappa shape index (κ1) is 23.3. The summed E-state index contributed by atoms with van der Waals surface area (Å²) < 4.78 is 1.42. The lowest BCUT2D eigenvalue weighted by Gasteiger charge is -2.13. The summed E-state index contributed by atoms with van der Waals surface area (Å²) >= 11 is 0.886. The molecule has 36 heavy (non-hydrogen) atoms. The number of para-hydroxylation sites is 1. The van der Waals surface area contributed by atoms with Crippen LogP contribution in [0.4, 0.5) is 4.79 Å². The lowest BCUT2D eigenvalue weighted by atomic mass is 10.2. The molecule has 8 nitrogen and oxygen atoms in total. The van der Waals surface area contributed by atoms with Crippen LogP contribution in [-0.2, 0) is 4.79 Å². The second-order valence-corrected chi connectivity index (χ2v) is 8.98. The molecule has 0 unspecified atom stereocenters. The van der Waals surface area contributed by atoms with E-state index in [-0.39, 0.29) is 35.7 Å². The first-order valence-electron chi connectivity index (χ1n) is 11.2. The van der Waals surface area contributed by atoms with Gasteiger partial charge in [-0.2, -0.15) is 0 Å². The molecule has 0 spiro atoms. The number of nitrogens with zero attached hydrogens (tertiary/aromatic N) is 3. The highest BCUT2D eigenvalue weighted by atomic mass is 32.2. The van der Waals surface area contributed by atoms with Crippen molar-refractivity contribution in [3.63, 3.8) is 0 Å². The molecule has 1 aromatic heterocycles. The van der Waals surface area contributed by atoms with Crippen LogP contribution < -0.4 is 10.9 Å². The number of hydrogen-bond donors (Lipinski definition) is 1. The second-order valence-electron chi connectivity index (χ2n) is 7.98. The predicted octanol–water partition coefficient (Wildman–Crippen LogP) is 3.85. The van der Waals surface area contributed by atoms with Crippen molar-refractivity contribution in [1.29, 1.82) is 0 Å². The Hall–Kier alpha value is -4.50. The van der Waals surface area contributed by atoms with Gasteiger partial charge in [-0.15, -0.1) is 0 Å². The molecule has 1 N–H and O–H groups in total. The monoisotopic (exact) mass is 496 g/mol. The van der Waals surface area contributed by atoms with E-state index in [0.717, 1.165) is 22.2 Å². The molecule has 1 fully saturated rings. The van der Waals surface area contributed by atoms with Crippen LogP contribution in [0, 0.1) is 0 Å². The Kier molecular flexibility index (Phi) is 6.46. The molecule has 4 aromatic rings. The average molecular weight is 497 g/mol. The molecule has 1 saturated heterocycles. The van der Waals surface area contributed by atoms with Crippen molar-refractivity contribution in [2.24, 2.45) is 0 Å². The van der Waals surface area contributed by atoms with Gasteiger partial charge in [-0.05, 0) is 59.8 Å². The van der Waals surface area contributed by atoms with Gasteiger partial charge < -0.3 is 5.32 Å². The van der Waals surface area contributed by atoms with E-state index in [2.05, 4.69) is 10.3 Å². The minimum atomic E-state index is -0.373. The van der Waals surface area contributed by atoms with Gasteiger partial charge in [0.05, 0.1) is 21.5 Å². The third-order valence-corrected chi connectivity index (χ3v) is 6.57. The fourth-order valence-corrected chi connectivity index (χ4v) is 4.67. The number of benzene rings is 3. The van der Waals surface area contributed by atoms with Crippen LogP contribution >= 0.6 is 11.8 Å². The lowest BCUT2D eigenvalue weighted by molar-refractivity contribution is -0.122. The van der Waals surface area contributed by atoms with Crippen LogP contribution in [0.25, 0.3) is 22.7 Å². The summed E-state index contributed by atoms with van der Waals surface area (Å²) in [5.74, 6) is -0.723. The van der Waals surface area contributed by atoms with Gasteiger partial charge in [0, 0.05) is 18.7 Å². The van der Waals surface area contributed by atoms with Crippen molar-refractivity contribution >= 4 is 45.8 Å². The third kappa shape index (κ3) is 4.69. The number of carbonyl (C=O) groups excluding carboxylic acids is 3. The molecule has 0 saturated carbocycles. The van der Waals surface area contributed by atoms with Crippen LogP contribution in [0.5, 0.6) is 0 Å². The summed E-state index contributed by atoms with van der Waals surface area (Å²) in [5, 5.41) is 2.87. The Balaban J connectivity index is 1.21. The summed E-state index contributed by atoms with van der Waals surface area (Å²) in [7, 11) is 0. The molecule has 1 aliphatic heterocycles. The van der Waals surface area contributed by atoms with Crippen molar-refractivity contribution in [3.05, 3.63) is 112 Å². The Labute approximate surface area is 210 Å². The molecule has 0 aliphatic carbocycles. The molecule has 3 aromatic carbocycles. The van der Waals surface area contributed by atoms with Crippen molar-refractivity contribution in [1.82, 2.24) is 19.8 Å². The first-order valence-corrected chi connectivity index (χ1v) is 12.0. The smallest absolute Gasteiger partial charge is 0.293 e. The number of aromatic nitrogens is 2. The molecule has 0 radical (unpaired) electrons. The summed E-state index contributed by atoms with van der Waals surface area (Å²) in [5.41, 5.74) is 2.22. The zero-order valence-corrected chi connectivity index (χ0v) is 19.8. The van der Waals surface area contributed by atoms with Gasteiger partial charge in [0.2, 0.25) is 0 Å². The minimum Gasteiger partial charge on any atom is -0.350 e. The van der Waals surface area contributed by atoms with E-state index in [1.807, 2.05) is 36.4 Å². The maximum absolute atomic E-state index is 12.8. The van der Waals surface area contributed by atoms with E-state index >= 15 is 0 Å². The van der Waals surface area contributed by atoms with Crippen LogP contribution in [0.3, 0.4) is 0 Å². The topological polar surface area (TPSA) is 101 Å². The van der Waals surface area contributed by atoms with Crippen molar-refractivity contribution in [3.8, 4) is 5.69 Å². The fourth-order valence-electron chi connectivity index (χ4n) is 3.80. The summed E-state index contributed by atoms with van der Waals surface area (Å²) in [6.07, 6.45) is 3.14. The zero-order chi connectivity index (χ0) is 25.1. The highest BCUT2D eigenvalue weighted by Gasteiger charge is 2.34. The van der Waals surface area contributed by atoms with Crippen LogP contribution in [0.15, 0.2) is 94.9 Å². The molecule has 0 atom stereocenters. The third-order valence-electron chi connectivity index (χ3n) is 5.67. The van der Waals surface area contributed by atoms with Gasteiger partial charge >= 0.3 is 0 Å². The Morgan fingerprint density at radius 3 is 2.42 bits per heavy atom. The molecule has 1 aliphatic rings. The number of amides is 3. The molecule has 5 rings (SSSR count). The molecule has 3 amide bonds.